The molecule has 1 aromatic carbocycles. The Bertz CT molecular complexity index is 707. The van der Waals surface area contributed by atoms with Crippen LogP contribution in [0.15, 0.2) is 41.6 Å². The normalized spacial score (nSPS) is 26.3. The monoisotopic (exact) mass is 371 g/mol. The number of ether oxygens (including phenoxy) is 1. The average molecular weight is 371 g/mol. The molecule has 3 rings (SSSR count). The first-order valence-corrected chi connectivity index (χ1v) is 9.72. The van der Waals surface area contributed by atoms with Crippen molar-refractivity contribution in [2.45, 2.75) is 33.2 Å². The lowest BCUT2D eigenvalue weighted by atomic mass is 9.91. The van der Waals surface area contributed by atoms with E-state index in [0.717, 1.165) is 18.7 Å². The molecule has 2 aliphatic rings. The number of esters is 1. The van der Waals surface area contributed by atoms with Crippen LogP contribution in [0, 0.1) is 11.8 Å². The summed E-state index contributed by atoms with van der Waals surface area (Å²) in [6.45, 7) is 9.04. The SMILES string of the molecule is CCOC(=O)C1=C(CN2CC(C)CC(C)C2)NC(=O)NC1c1ccccc1. The van der Waals surface area contributed by atoms with Gasteiger partial charge in [-0.15, -0.1) is 0 Å². The van der Waals surface area contributed by atoms with Crippen molar-refractivity contribution < 1.29 is 14.3 Å². The Morgan fingerprint density at radius 1 is 1.19 bits per heavy atom. The van der Waals surface area contributed by atoms with Gasteiger partial charge in [-0.2, -0.15) is 0 Å². The molecular formula is C21H29N3O3. The van der Waals surface area contributed by atoms with Crippen LogP contribution in [-0.4, -0.2) is 43.1 Å². The number of carbonyl (C=O) groups excluding carboxylic acids is 2. The summed E-state index contributed by atoms with van der Waals surface area (Å²) in [6, 6.07) is 8.76. The first kappa shape index (κ1) is 19.4. The van der Waals surface area contributed by atoms with Crippen LogP contribution in [0.2, 0.25) is 0 Å². The fourth-order valence-electron chi connectivity index (χ4n) is 4.23. The molecule has 2 amide bonds. The lowest BCUT2D eigenvalue weighted by Gasteiger charge is -2.37. The van der Waals surface area contributed by atoms with Crippen molar-refractivity contribution in [2.24, 2.45) is 11.8 Å². The summed E-state index contributed by atoms with van der Waals surface area (Å²) in [6.07, 6.45) is 1.21. The minimum atomic E-state index is -0.506. The lowest BCUT2D eigenvalue weighted by molar-refractivity contribution is -0.139. The highest BCUT2D eigenvalue weighted by Gasteiger charge is 2.35. The number of carbonyl (C=O) groups is 2. The maximum absolute atomic E-state index is 12.8. The predicted molar refractivity (Wildman–Crippen MR) is 104 cm³/mol. The Morgan fingerprint density at radius 3 is 2.48 bits per heavy atom. The van der Waals surface area contributed by atoms with E-state index in [-0.39, 0.29) is 12.0 Å². The van der Waals surface area contributed by atoms with E-state index >= 15 is 0 Å². The molecule has 2 N–H and O–H groups in total. The molecule has 146 valence electrons. The van der Waals surface area contributed by atoms with Gasteiger partial charge in [-0.1, -0.05) is 44.2 Å². The summed E-state index contributed by atoms with van der Waals surface area (Å²) in [5, 5.41) is 5.75. The summed E-state index contributed by atoms with van der Waals surface area (Å²) in [5.74, 6) is 0.817. The molecule has 0 radical (unpaired) electrons. The fraction of sp³-hybridized carbons (Fsp3) is 0.524. The number of nitrogens with zero attached hydrogens (tertiary/aromatic N) is 1. The second-order valence-corrected chi connectivity index (χ2v) is 7.69. The van der Waals surface area contributed by atoms with E-state index in [9.17, 15) is 9.59 Å². The van der Waals surface area contributed by atoms with Crippen molar-refractivity contribution >= 4 is 12.0 Å². The predicted octanol–water partition coefficient (Wildman–Crippen LogP) is 2.84. The molecule has 1 fully saturated rings. The maximum atomic E-state index is 12.8. The number of piperidine rings is 1. The van der Waals surface area contributed by atoms with Gasteiger partial charge in [-0.25, -0.2) is 9.59 Å². The van der Waals surface area contributed by atoms with Crippen molar-refractivity contribution in [2.75, 3.05) is 26.2 Å². The van der Waals surface area contributed by atoms with E-state index in [4.69, 9.17) is 4.74 Å². The van der Waals surface area contributed by atoms with Gasteiger partial charge >= 0.3 is 12.0 Å². The van der Waals surface area contributed by atoms with Crippen molar-refractivity contribution in [1.82, 2.24) is 15.5 Å². The summed E-state index contributed by atoms with van der Waals surface area (Å²) < 4.78 is 5.32. The number of likely N-dealkylation sites (tertiary alicyclic amines) is 1. The molecule has 3 atom stereocenters. The molecule has 6 heteroatoms. The molecule has 1 aromatic rings. The number of hydrogen-bond donors (Lipinski definition) is 2. The van der Waals surface area contributed by atoms with Gasteiger partial charge in [0.15, 0.2) is 0 Å². The number of nitrogens with one attached hydrogen (secondary N) is 2. The number of rotatable bonds is 5. The highest BCUT2D eigenvalue weighted by molar-refractivity contribution is 5.95. The highest BCUT2D eigenvalue weighted by Crippen LogP contribution is 2.29. The Hall–Kier alpha value is -2.34. The van der Waals surface area contributed by atoms with Crippen LogP contribution in [0.25, 0.3) is 0 Å². The van der Waals surface area contributed by atoms with Gasteiger partial charge in [0.1, 0.15) is 0 Å². The van der Waals surface area contributed by atoms with Crippen molar-refractivity contribution in [3.8, 4) is 0 Å². The van der Waals surface area contributed by atoms with Gasteiger partial charge < -0.3 is 15.4 Å². The molecule has 1 saturated heterocycles. The minimum absolute atomic E-state index is 0.287. The quantitative estimate of drug-likeness (QED) is 0.781. The largest absolute Gasteiger partial charge is 0.463 e. The molecule has 0 saturated carbocycles. The van der Waals surface area contributed by atoms with Crippen LogP contribution in [0.3, 0.4) is 0 Å². The van der Waals surface area contributed by atoms with Crippen molar-refractivity contribution in [3.63, 3.8) is 0 Å². The summed E-state index contributed by atoms with van der Waals surface area (Å²) in [4.78, 5) is 27.4. The van der Waals surface area contributed by atoms with E-state index in [1.165, 1.54) is 6.42 Å². The molecular weight excluding hydrogens is 342 g/mol. The van der Waals surface area contributed by atoms with E-state index < -0.39 is 6.04 Å². The zero-order valence-corrected chi connectivity index (χ0v) is 16.3. The van der Waals surface area contributed by atoms with E-state index in [1.807, 2.05) is 30.3 Å². The van der Waals surface area contributed by atoms with Crippen LogP contribution in [0.4, 0.5) is 4.79 Å². The second kappa shape index (κ2) is 8.57. The third-order valence-corrected chi connectivity index (χ3v) is 5.11. The van der Waals surface area contributed by atoms with Crippen molar-refractivity contribution in [1.29, 1.82) is 0 Å². The topological polar surface area (TPSA) is 70.7 Å². The summed E-state index contributed by atoms with van der Waals surface area (Å²) in [7, 11) is 0. The Labute approximate surface area is 161 Å². The zero-order valence-electron chi connectivity index (χ0n) is 16.3. The molecule has 2 aliphatic heterocycles. The van der Waals surface area contributed by atoms with Crippen LogP contribution in [0.5, 0.6) is 0 Å². The van der Waals surface area contributed by atoms with Crippen LogP contribution in [-0.2, 0) is 9.53 Å². The van der Waals surface area contributed by atoms with Gasteiger partial charge in [-0.05, 0) is 30.7 Å². The van der Waals surface area contributed by atoms with Crippen LogP contribution < -0.4 is 10.6 Å². The third-order valence-electron chi connectivity index (χ3n) is 5.11. The lowest BCUT2D eigenvalue weighted by Crippen LogP contribution is -2.50. The molecule has 0 aliphatic carbocycles. The molecule has 3 unspecified atom stereocenters. The molecule has 0 bridgehead atoms. The van der Waals surface area contributed by atoms with E-state index in [2.05, 4.69) is 29.4 Å². The average Bonchev–Trinajstić information content (AvgIpc) is 2.61. The van der Waals surface area contributed by atoms with Gasteiger partial charge in [-0.3, -0.25) is 4.90 Å². The summed E-state index contributed by atoms with van der Waals surface area (Å²) in [5.41, 5.74) is 2.01. The minimum Gasteiger partial charge on any atom is -0.463 e. The standard InChI is InChI=1S/C21H29N3O3/c1-4-27-20(25)18-17(13-24-11-14(2)10-15(3)12-24)22-21(26)23-19(18)16-8-6-5-7-9-16/h5-9,14-15,19H,4,10-13H2,1-3H3,(H2,22,23,26). The maximum Gasteiger partial charge on any atom is 0.338 e. The molecule has 27 heavy (non-hydrogen) atoms. The molecule has 2 heterocycles. The van der Waals surface area contributed by atoms with Crippen LogP contribution >= 0.6 is 0 Å². The van der Waals surface area contributed by atoms with Gasteiger partial charge in [0.25, 0.3) is 0 Å². The fourth-order valence-corrected chi connectivity index (χ4v) is 4.23. The number of urea groups is 1. The number of hydrogen-bond acceptors (Lipinski definition) is 4. The van der Waals surface area contributed by atoms with Gasteiger partial charge in [0, 0.05) is 25.3 Å². The molecule has 0 aromatic heterocycles. The Morgan fingerprint density at radius 2 is 1.85 bits per heavy atom. The molecule has 6 nitrogen and oxygen atoms in total. The first-order chi connectivity index (χ1) is 13.0. The highest BCUT2D eigenvalue weighted by atomic mass is 16.5. The number of amides is 2. The smallest absolute Gasteiger partial charge is 0.338 e. The van der Waals surface area contributed by atoms with Gasteiger partial charge in [0.05, 0.1) is 18.2 Å². The Kier molecular flexibility index (Phi) is 6.16. The van der Waals surface area contributed by atoms with E-state index in [1.54, 1.807) is 6.92 Å². The van der Waals surface area contributed by atoms with Crippen LogP contribution in [0.1, 0.15) is 38.8 Å². The number of benzene rings is 1. The van der Waals surface area contributed by atoms with Gasteiger partial charge in [0.2, 0.25) is 0 Å². The van der Waals surface area contributed by atoms with E-state index in [0.29, 0.717) is 36.3 Å². The second-order valence-electron chi connectivity index (χ2n) is 7.69. The zero-order chi connectivity index (χ0) is 19.4. The Balaban J connectivity index is 1.95. The first-order valence-electron chi connectivity index (χ1n) is 9.72. The third kappa shape index (κ3) is 4.69. The molecule has 0 spiro atoms. The summed E-state index contributed by atoms with van der Waals surface area (Å²) >= 11 is 0. The van der Waals surface area contributed by atoms with Crippen molar-refractivity contribution in [3.05, 3.63) is 47.2 Å².